The van der Waals surface area contributed by atoms with Gasteiger partial charge in [-0.2, -0.15) is 0 Å². The molecular weight excluding hydrogens is 168 g/mol. The highest BCUT2D eigenvalue weighted by atomic mass is 14.5. The minimum atomic E-state index is 1.06. The molecule has 6 aliphatic rings. The van der Waals surface area contributed by atoms with E-state index in [0.29, 0.717) is 0 Å². The van der Waals surface area contributed by atoms with Crippen molar-refractivity contribution in [3.63, 3.8) is 0 Å². The summed E-state index contributed by atoms with van der Waals surface area (Å²) in [7, 11) is 0. The molecule has 14 heavy (non-hydrogen) atoms. The summed E-state index contributed by atoms with van der Waals surface area (Å²) in [5.41, 5.74) is 4.05. The molecule has 0 radical (unpaired) electrons. The topological polar surface area (TPSA) is 0 Å². The first-order valence-corrected chi connectivity index (χ1v) is 6.67. The number of hydrogen-bond acceptors (Lipinski definition) is 0. The van der Waals surface area contributed by atoms with Gasteiger partial charge < -0.3 is 0 Å². The summed E-state index contributed by atoms with van der Waals surface area (Å²) in [6.45, 7) is 0. The van der Waals surface area contributed by atoms with Gasteiger partial charge in [0.25, 0.3) is 0 Å². The third-order valence-corrected chi connectivity index (χ3v) is 5.55. The van der Waals surface area contributed by atoms with Crippen LogP contribution in [0.4, 0.5) is 0 Å². The van der Waals surface area contributed by atoms with E-state index in [1.54, 1.807) is 51.4 Å². The Labute approximate surface area is 86.8 Å². The van der Waals surface area contributed by atoms with Crippen LogP contribution in [0.25, 0.3) is 0 Å². The summed E-state index contributed by atoms with van der Waals surface area (Å²) in [5, 5.41) is 0. The molecule has 76 valence electrons. The molecule has 0 aromatic rings. The molecule has 0 saturated heterocycles. The average Bonchev–Trinajstić information content (AvgIpc) is 2.32. The number of hydrogen-bond donors (Lipinski definition) is 0. The lowest BCUT2D eigenvalue weighted by Gasteiger charge is -2.52. The number of rotatable bonds is 0. The Morgan fingerprint density at radius 1 is 0.429 bits per heavy atom. The lowest BCUT2D eigenvalue weighted by atomic mass is 9.53. The highest BCUT2D eigenvalue weighted by molar-refractivity contribution is 5.34. The molecule has 2 saturated carbocycles. The van der Waals surface area contributed by atoms with Gasteiger partial charge in [-0.15, -0.1) is 0 Å². The Kier molecular flexibility index (Phi) is 1.51. The maximum Gasteiger partial charge on any atom is -0.0197 e. The van der Waals surface area contributed by atoms with Gasteiger partial charge in [0, 0.05) is 0 Å². The van der Waals surface area contributed by atoms with Crippen LogP contribution in [-0.2, 0) is 0 Å². The van der Waals surface area contributed by atoms with E-state index in [2.05, 4.69) is 0 Å². The van der Waals surface area contributed by atoms with Crippen LogP contribution in [0, 0.1) is 23.7 Å². The normalized spacial score (nSPS) is 49.7. The Balaban J connectivity index is 1.88. The first-order chi connectivity index (χ1) is 6.93. The largest absolute Gasteiger partial charge is 0.0642 e. The van der Waals surface area contributed by atoms with Crippen molar-refractivity contribution in [1.29, 1.82) is 0 Å². The highest BCUT2D eigenvalue weighted by Gasteiger charge is 2.45. The van der Waals surface area contributed by atoms with Gasteiger partial charge in [-0.25, -0.2) is 0 Å². The Hall–Kier alpha value is -0.260. The Morgan fingerprint density at radius 3 is 0.857 bits per heavy atom. The van der Waals surface area contributed by atoms with E-state index in [4.69, 9.17) is 0 Å². The zero-order chi connectivity index (χ0) is 9.12. The van der Waals surface area contributed by atoms with Gasteiger partial charge in [-0.05, 0) is 75.0 Å². The van der Waals surface area contributed by atoms with Crippen LogP contribution in [0.3, 0.4) is 0 Å². The second-order valence-electron chi connectivity index (χ2n) is 6.01. The average molecular weight is 188 g/mol. The summed E-state index contributed by atoms with van der Waals surface area (Å²) in [5.74, 6) is 4.23. The van der Waals surface area contributed by atoms with E-state index in [-0.39, 0.29) is 0 Å². The summed E-state index contributed by atoms with van der Waals surface area (Å²) in [6, 6.07) is 0. The van der Waals surface area contributed by atoms with Crippen LogP contribution in [0.5, 0.6) is 0 Å². The van der Waals surface area contributed by atoms with Gasteiger partial charge in [0.2, 0.25) is 0 Å². The third kappa shape index (κ3) is 0.857. The molecule has 4 bridgehead atoms. The highest BCUT2D eigenvalue weighted by Crippen LogP contribution is 2.58. The lowest BCUT2D eigenvalue weighted by molar-refractivity contribution is 0.173. The molecule has 2 fully saturated rings. The lowest BCUT2D eigenvalue weighted by Crippen LogP contribution is -2.39. The van der Waals surface area contributed by atoms with Gasteiger partial charge in [-0.3, -0.25) is 0 Å². The number of fused-ring (bicyclic) bond motifs is 4. The molecule has 0 aliphatic heterocycles. The van der Waals surface area contributed by atoms with Crippen LogP contribution in [0.15, 0.2) is 11.1 Å². The fourth-order valence-corrected chi connectivity index (χ4v) is 5.04. The first-order valence-electron chi connectivity index (χ1n) is 6.67. The smallest absolute Gasteiger partial charge is 0.0197 e. The monoisotopic (exact) mass is 188 g/mol. The van der Waals surface area contributed by atoms with Crippen molar-refractivity contribution in [2.24, 2.45) is 23.7 Å². The molecule has 6 aliphatic carbocycles. The quantitative estimate of drug-likeness (QED) is 0.505. The van der Waals surface area contributed by atoms with Crippen molar-refractivity contribution in [2.45, 2.75) is 51.4 Å². The first kappa shape index (κ1) is 7.96. The SMILES string of the molecule is C1CC2CCC1C1=C2C2CCC1CC2. The van der Waals surface area contributed by atoms with Crippen molar-refractivity contribution in [3.05, 3.63) is 11.1 Å². The molecule has 0 unspecified atom stereocenters. The second-order valence-corrected chi connectivity index (χ2v) is 6.01. The molecule has 0 aromatic heterocycles. The molecule has 0 N–H and O–H groups in total. The molecule has 0 amide bonds. The molecule has 0 nitrogen and oxygen atoms in total. The Morgan fingerprint density at radius 2 is 0.643 bits per heavy atom. The van der Waals surface area contributed by atoms with Crippen LogP contribution >= 0.6 is 0 Å². The summed E-state index contributed by atoms with van der Waals surface area (Å²) in [6.07, 6.45) is 12.4. The van der Waals surface area contributed by atoms with E-state index < -0.39 is 0 Å². The molecule has 0 aromatic carbocycles. The van der Waals surface area contributed by atoms with E-state index in [0.717, 1.165) is 23.7 Å². The third-order valence-electron chi connectivity index (χ3n) is 5.55. The van der Waals surface area contributed by atoms with Gasteiger partial charge in [0.1, 0.15) is 0 Å². The minimum Gasteiger partial charge on any atom is -0.0642 e. The summed E-state index contributed by atoms with van der Waals surface area (Å²) < 4.78 is 0. The fourth-order valence-electron chi connectivity index (χ4n) is 5.04. The van der Waals surface area contributed by atoms with Crippen LogP contribution in [-0.4, -0.2) is 0 Å². The van der Waals surface area contributed by atoms with Crippen molar-refractivity contribution < 1.29 is 0 Å². The standard InChI is InChI=1S/C14H20/c1-2-10-4-3-9(1)13-11-5-7-12(8-6-11)14(10)13/h9-12H,1-8H2. The van der Waals surface area contributed by atoms with E-state index >= 15 is 0 Å². The number of allylic oxidation sites excluding steroid dienone is 2. The zero-order valence-electron chi connectivity index (χ0n) is 8.97. The van der Waals surface area contributed by atoms with Gasteiger partial charge in [0.05, 0.1) is 0 Å². The fraction of sp³-hybridized carbons (Fsp3) is 0.857. The molecule has 6 rings (SSSR count). The van der Waals surface area contributed by atoms with E-state index in [1.807, 2.05) is 11.1 Å². The van der Waals surface area contributed by atoms with E-state index in [1.165, 1.54) is 0 Å². The summed E-state index contributed by atoms with van der Waals surface area (Å²) in [4.78, 5) is 0. The van der Waals surface area contributed by atoms with Crippen molar-refractivity contribution in [1.82, 2.24) is 0 Å². The summed E-state index contributed by atoms with van der Waals surface area (Å²) >= 11 is 0. The van der Waals surface area contributed by atoms with Crippen LogP contribution in [0.1, 0.15) is 51.4 Å². The molecular formula is C14H20. The van der Waals surface area contributed by atoms with Gasteiger partial charge in [0.15, 0.2) is 0 Å². The van der Waals surface area contributed by atoms with Gasteiger partial charge >= 0.3 is 0 Å². The Bertz CT molecular complexity index is 225. The van der Waals surface area contributed by atoms with Gasteiger partial charge in [-0.1, -0.05) is 11.1 Å². The van der Waals surface area contributed by atoms with Crippen molar-refractivity contribution >= 4 is 0 Å². The molecule has 0 heteroatoms. The predicted molar refractivity (Wildman–Crippen MR) is 57.9 cm³/mol. The van der Waals surface area contributed by atoms with Crippen LogP contribution in [0.2, 0.25) is 0 Å². The molecule has 0 heterocycles. The second kappa shape index (κ2) is 2.65. The van der Waals surface area contributed by atoms with Crippen molar-refractivity contribution in [2.75, 3.05) is 0 Å². The van der Waals surface area contributed by atoms with Crippen molar-refractivity contribution in [3.8, 4) is 0 Å². The zero-order valence-corrected chi connectivity index (χ0v) is 8.97. The predicted octanol–water partition coefficient (Wildman–Crippen LogP) is 3.92. The maximum atomic E-state index is 2.02. The van der Waals surface area contributed by atoms with E-state index in [9.17, 15) is 0 Å². The minimum absolute atomic E-state index is 1.06. The molecule has 0 atom stereocenters. The maximum absolute atomic E-state index is 2.02. The molecule has 0 spiro atoms. The van der Waals surface area contributed by atoms with Crippen LogP contribution < -0.4 is 0 Å².